The molecule has 0 aliphatic rings. The third-order valence-electron chi connectivity index (χ3n) is 3.92. The molecule has 3 aromatic heterocycles. The molecular weight excluding hydrogens is 340 g/mol. The molecule has 0 saturated heterocycles. The van der Waals surface area contributed by atoms with Crippen molar-refractivity contribution in [2.75, 3.05) is 12.5 Å². The third kappa shape index (κ3) is 3.10. The predicted molar refractivity (Wildman–Crippen MR) is 97.5 cm³/mol. The lowest BCUT2D eigenvalue weighted by atomic mass is 10.2. The zero-order valence-electron chi connectivity index (χ0n) is 13.3. The molecule has 0 atom stereocenters. The van der Waals surface area contributed by atoms with E-state index in [1.807, 2.05) is 28.8 Å². The summed E-state index contributed by atoms with van der Waals surface area (Å²) >= 11 is 5.66. The van der Waals surface area contributed by atoms with E-state index in [0.29, 0.717) is 40.7 Å². The van der Waals surface area contributed by atoms with Crippen LogP contribution in [0.15, 0.2) is 64.2 Å². The van der Waals surface area contributed by atoms with Crippen LogP contribution in [-0.2, 0) is 0 Å². The fourth-order valence-electron chi connectivity index (χ4n) is 2.67. The van der Waals surface area contributed by atoms with Crippen LogP contribution >= 0.6 is 11.6 Å². The molecule has 0 amide bonds. The molecule has 4 rings (SSSR count). The van der Waals surface area contributed by atoms with Gasteiger partial charge in [-0.05, 0) is 36.8 Å². The van der Waals surface area contributed by atoms with E-state index in [9.17, 15) is 4.79 Å². The summed E-state index contributed by atoms with van der Waals surface area (Å²) < 4.78 is 13.4. The van der Waals surface area contributed by atoms with Crippen LogP contribution in [0.2, 0.25) is 0 Å². The molecule has 5 nitrogen and oxygen atoms in total. The van der Waals surface area contributed by atoms with Crippen LogP contribution in [0, 0.1) is 0 Å². The van der Waals surface area contributed by atoms with E-state index in [1.54, 1.807) is 24.5 Å². The van der Waals surface area contributed by atoms with Crippen LogP contribution in [0.4, 0.5) is 0 Å². The lowest BCUT2D eigenvalue weighted by Crippen LogP contribution is -2.02. The van der Waals surface area contributed by atoms with Gasteiger partial charge in [0.05, 0.1) is 18.3 Å². The SMILES string of the molecule is O=c1cc(-c2cc3cccn3cn2)oc2cc(OCCCCl)ccc12. The van der Waals surface area contributed by atoms with Crippen molar-refractivity contribution in [1.29, 1.82) is 0 Å². The van der Waals surface area contributed by atoms with Crippen molar-refractivity contribution >= 4 is 28.1 Å². The monoisotopic (exact) mass is 354 g/mol. The van der Waals surface area contributed by atoms with Gasteiger partial charge < -0.3 is 13.6 Å². The smallest absolute Gasteiger partial charge is 0.193 e. The summed E-state index contributed by atoms with van der Waals surface area (Å²) in [7, 11) is 0. The van der Waals surface area contributed by atoms with Gasteiger partial charge in [-0.1, -0.05) is 0 Å². The van der Waals surface area contributed by atoms with Gasteiger partial charge in [-0.25, -0.2) is 4.98 Å². The van der Waals surface area contributed by atoms with Crippen molar-refractivity contribution in [1.82, 2.24) is 9.38 Å². The molecule has 0 aliphatic heterocycles. The first-order chi connectivity index (χ1) is 12.2. The molecule has 0 saturated carbocycles. The zero-order chi connectivity index (χ0) is 17.2. The van der Waals surface area contributed by atoms with Gasteiger partial charge in [0.1, 0.15) is 17.0 Å². The minimum atomic E-state index is -0.111. The van der Waals surface area contributed by atoms with Crippen LogP contribution in [-0.4, -0.2) is 21.9 Å². The minimum Gasteiger partial charge on any atom is -0.493 e. The molecule has 0 unspecified atom stereocenters. The number of rotatable bonds is 5. The Morgan fingerprint density at radius 1 is 1.20 bits per heavy atom. The molecule has 0 spiro atoms. The highest BCUT2D eigenvalue weighted by Gasteiger charge is 2.10. The van der Waals surface area contributed by atoms with Crippen molar-refractivity contribution in [3.8, 4) is 17.2 Å². The maximum atomic E-state index is 12.4. The average Bonchev–Trinajstić information content (AvgIpc) is 3.09. The summed E-state index contributed by atoms with van der Waals surface area (Å²) in [5.74, 6) is 1.62. The van der Waals surface area contributed by atoms with E-state index in [-0.39, 0.29) is 5.43 Å². The number of ether oxygens (including phenoxy) is 1. The Morgan fingerprint density at radius 2 is 2.12 bits per heavy atom. The molecule has 0 N–H and O–H groups in total. The van der Waals surface area contributed by atoms with Crippen LogP contribution in [0.25, 0.3) is 27.9 Å². The number of hydrogen-bond donors (Lipinski definition) is 0. The first-order valence-electron chi connectivity index (χ1n) is 7.94. The molecule has 25 heavy (non-hydrogen) atoms. The number of hydrogen-bond acceptors (Lipinski definition) is 4. The highest BCUT2D eigenvalue weighted by atomic mass is 35.5. The maximum Gasteiger partial charge on any atom is 0.193 e. The predicted octanol–water partition coefficient (Wildman–Crippen LogP) is 4.12. The quantitative estimate of drug-likeness (QED) is 0.399. The van der Waals surface area contributed by atoms with E-state index in [2.05, 4.69) is 4.98 Å². The molecule has 1 aromatic carbocycles. The van der Waals surface area contributed by atoms with Crippen LogP contribution in [0.1, 0.15) is 6.42 Å². The van der Waals surface area contributed by atoms with Crippen LogP contribution in [0.3, 0.4) is 0 Å². The summed E-state index contributed by atoms with van der Waals surface area (Å²) in [4.78, 5) is 16.8. The average molecular weight is 355 g/mol. The number of halogens is 1. The summed E-state index contributed by atoms with van der Waals surface area (Å²) in [6.45, 7) is 0.519. The number of fused-ring (bicyclic) bond motifs is 2. The fraction of sp³-hybridized carbons (Fsp3) is 0.158. The normalized spacial score (nSPS) is 11.2. The molecule has 0 radical (unpaired) electrons. The standard InChI is InChI=1S/C19H15ClN2O3/c20-6-2-8-24-14-4-5-15-17(23)11-19(25-18(15)10-14)16-9-13-3-1-7-22(13)12-21-16/h1,3-5,7,9-12H,2,6,8H2. The molecule has 3 heterocycles. The van der Waals surface area contributed by atoms with Crippen molar-refractivity contribution in [2.24, 2.45) is 0 Å². The Balaban J connectivity index is 1.77. The van der Waals surface area contributed by atoms with E-state index in [0.717, 1.165) is 11.9 Å². The second-order valence-corrected chi connectivity index (χ2v) is 6.02. The second-order valence-electron chi connectivity index (χ2n) is 5.64. The number of alkyl halides is 1. The van der Waals surface area contributed by atoms with Gasteiger partial charge in [0.15, 0.2) is 11.2 Å². The van der Waals surface area contributed by atoms with Gasteiger partial charge in [-0.3, -0.25) is 4.79 Å². The van der Waals surface area contributed by atoms with Crippen LogP contribution in [0.5, 0.6) is 5.75 Å². The first-order valence-corrected chi connectivity index (χ1v) is 8.48. The topological polar surface area (TPSA) is 56.7 Å². The van der Waals surface area contributed by atoms with Gasteiger partial charge in [0.25, 0.3) is 0 Å². The van der Waals surface area contributed by atoms with Crippen molar-refractivity contribution in [3.05, 3.63) is 65.2 Å². The molecule has 0 bridgehead atoms. The van der Waals surface area contributed by atoms with Crippen molar-refractivity contribution < 1.29 is 9.15 Å². The fourth-order valence-corrected chi connectivity index (χ4v) is 2.78. The van der Waals surface area contributed by atoms with Crippen molar-refractivity contribution in [3.63, 3.8) is 0 Å². The zero-order valence-corrected chi connectivity index (χ0v) is 14.1. The van der Waals surface area contributed by atoms with Gasteiger partial charge in [-0.2, -0.15) is 0 Å². The largest absolute Gasteiger partial charge is 0.493 e. The van der Waals surface area contributed by atoms with E-state index < -0.39 is 0 Å². The Kier molecular flexibility index (Phi) is 4.15. The molecular formula is C19H15ClN2O3. The summed E-state index contributed by atoms with van der Waals surface area (Å²) in [5.41, 5.74) is 1.95. The lowest BCUT2D eigenvalue weighted by Gasteiger charge is -2.07. The number of benzene rings is 1. The van der Waals surface area contributed by atoms with E-state index in [4.69, 9.17) is 20.8 Å². The summed E-state index contributed by atoms with van der Waals surface area (Å²) in [6, 6.07) is 12.4. The number of aromatic nitrogens is 2. The van der Waals surface area contributed by atoms with Gasteiger partial charge in [0, 0.05) is 29.7 Å². The Labute approximate surface area is 148 Å². The summed E-state index contributed by atoms with van der Waals surface area (Å²) in [6.07, 6.45) is 4.36. The molecule has 0 aliphatic carbocycles. The molecule has 126 valence electrons. The molecule has 6 heteroatoms. The van der Waals surface area contributed by atoms with E-state index in [1.165, 1.54) is 6.07 Å². The first kappa shape index (κ1) is 15.7. The minimum absolute atomic E-state index is 0.111. The lowest BCUT2D eigenvalue weighted by molar-refractivity contribution is 0.318. The van der Waals surface area contributed by atoms with Gasteiger partial charge in [-0.15, -0.1) is 11.6 Å². The molecule has 0 fully saturated rings. The van der Waals surface area contributed by atoms with Crippen molar-refractivity contribution in [2.45, 2.75) is 6.42 Å². The highest BCUT2D eigenvalue weighted by Crippen LogP contribution is 2.24. The molecule has 4 aromatic rings. The number of nitrogens with zero attached hydrogens (tertiary/aromatic N) is 2. The third-order valence-corrected chi connectivity index (χ3v) is 4.18. The van der Waals surface area contributed by atoms with Gasteiger partial charge in [0.2, 0.25) is 0 Å². The van der Waals surface area contributed by atoms with Gasteiger partial charge >= 0.3 is 0 Å². The Hall–Kier alpha value is -2.79. The van der Waals surface area contributed by atoms with E-state index >= 15 is 0 Å². The second kappa shape index (κ2) is 6.61. The Morgan fingerprint density at radius 3 is 3.00 bits per heavy atom. The maximum absolute atomic E-state index is 12.4. The van der Waals surface area contributed by atoms with Crippen LogP contribution < -0.4 is 10.2 Å². The Bertz CT molecular complexity index is 1100. The highest BCUT2D eigenvalue weighted by molar-refractivity contribution is 6.17. The summed E-state index contributed by atoms with van der Waals surface area (Å²) in [5, 5.41) is 0.511.